The molecule has 0 unspecified atom stereocenters. The van der Waals surface area contributed by atoms with Crippen LogP contribution in [0, 0.1) is 0 Å². The number of ketones is 1. The maximum Gasteiger partial charge on any atom is 0.358 e. The first-order chi connectivity index (χ1) is 13.0. The van der Waals surface area contributed by atoms with Gasteiger partial charge in [0.15, 0.2) is 11.5 Å². The molecule has 27 heavy (non-hydrogen) atoms. The fourth-order valence-electron chi connectivity index (χ4n) is 2.50. The molecule has 0 aliphatic carbocycles. The summed E-state index contributed by atoms with van der Waals surface area (Å²) in [5.41, 5.74) is 2.98. The molecule has 3 aromatic rings. The van der Waals surface area contributed by atoms with Crippen LogP contribution >= 0.6 is 11.6 Å². The molecule has 3 rings (SSSR count). The highest BCUT2D eigenvalue weighted by Crippen LogP contribution is 2.15. The Morgan fingerprint density at radius 1 is 1.00 bits per heavy atom. The topological polar surface area (TPSA) is 82.0 Å². The number of aromatic nitrogens is 3. The third-order valence-electron chi connectivity index (χ3n) is 3.87. The van der Waals surface area contributed by atoms with E-state index in [-0.39, 0.29) is 23.6 Å². The Kier molecular flexibility index (Phi) is 5.88. The van der Waals surface area contributed by atoms with Gasteiger partial charge in [-0.2, -0.15) is 0 Å². The minimum absolute atomic E-state index is 0.0533. The minimum atomic E-state index is -0.599. The van der Waals surface area contributed by atoms with Gasteiger partial charge >= 0.3 is 5.97 Å². The van der Waals surface area contributed by atoms with Crippen LogP contribution in [-0.2, 0) is 17.6 Å². The van der Waals surface area contributed by atoms with Gasteiger partial charge in [-0.15, -0.1) is 10.2 Å². The zero-order valence-electron chi connectivity index (χ0n) is 14.6. The van der Waals surface area contributed by atoms with Crippen molar-refractivity contribution in [3.8, 4) is 0 Å². The van der Waals surface area contributed by atoms with Crippen LogP contribution in [0.4, 0.5) is 0 Å². The van der Waals surface area contributed by atoms with Gasteiger partial charge in [-0.3, -0.25) is 9.78 Å². The summed E-state index contributed by atoms with van der Waals surface area (Å²) in [6.07, 6.45) is 2.56. The quantitative estimate of drug-likeness (QED) is 0.481. The number of nitrogens with zero attached hydrogens (tertiary/aromatic N) is 3. The van der Waals surface area contributed by atoms with Crippen LogP contribution < -0.4 is 0 Å². The first-order valence-corrected chi connectivity index (χ1v) is 8.56. The SMILES string of the molecule is COC(=O)c1ccc(C(=O)Cc2ccc(Cc3cccc(Cl)c3)cn2)nn1. The second-order valence-corrected chi connectivity index (χ2v) is 6.30. The summed E-state index contributed by atoms with van der Waals surface area (Å²) < 4.78 is 4.55. The zero-order chi connectivity index (χ0) is 19.2. The van der Waals surface area contributed by atoms with Crippen molar-refractivity contribution in [1.82, 2.24) is 15.2 Å². The number of hydrogen-bond acceptors (Lipinski definition) is 6. The third-order valence-corrected chi connectivity index (χ3v) is 4.10. The van der Waals surface area contributed by atoms with E-state index >= 15 is 0 Å². The van der Waals surface area contributed by atoms with Crippen molar-refractivity contribution in [3.05, 3.63) is 88.0 Å². The lowest BCUT2D eigenvalue weighted by Gasteiger charge is -2.04. The number of halogens is 1. The van der Waals surface area contributed by atoms with Gasteiger partial charge in [0.1, 0.15) is 5.69 Å². The molecule has 6 nitrogen and oxygen atoms in total. The second-order valence-electron chi connectivity index (χ2n) is 5.86. The van der Waals surface area contributed by atoms with E-state index in [0.717, 1.165) is 11.1 Å². The summed E-state index contributed by atoms with van der Waals surface area (Å²) in [7, 11) is 1.25. The highest BCUT2D eigenvalue weighted by molar-refractivity contribution is 6.30. The van der Waals surface area contributed by atoms with E-state index in [9.17, 15) is 9.59 Å². The minimum Gasteiger partial charge on any atom is -0.464 e. The first-order valence-electron chi connectivity index (χ1n) is 8.18. The third kappa shape index (κ3) is 4.95. The molecule has 2 heterocycles. The Labute approximate surface area is 161 Å². The normalized spacial score (nSPS) is 10.4. The van der Waals surface area contributed by atoms with Gasteiger partial charge in [-0.05, 0) is 47.9 Å². The van der Waals surface area contributed by atoms with Crippen molar-refractivity contribution < 1.29 is 14.3 Å². The van der Waals surface area contributed by atoms with E-state index in [2.05, 4.69) is 19.9 Å². The van der Waals surface area contributed by atoms with Gasteiger partial charge in [0.2, 0.25) is 0 Å². The maximum atomic E-state index is 12.3. The van der Waals surface area contributed by atoms with Crippen LogP contribution in [-0.4, -0.2) is 34.0 Å². The summed E-state index contributed by atoms with van der Waals surface area (Å²) >= 11 is 6.00. The molecule has 0 radical (unpaired) electrons. The molecule has 0 saturated carbocycles. The van der Waals surface area contributed by atoms with E-state index in [1.165, 1.54) is 19.2 Å². The smallest absolute Gasteiger partial charge is 0.358 e. The largest absolute Gasteiger partial charge is 0.464 e. The molecule has 0 N–H and O–H groups in total. The van der Waals surface area contributed by atoms with Crippen molar-refractivity contribution in [2.75, 3.05) is 7.11 Å². The van der Waals surface area contributed by atoms with E-state index in [1.807, 2.05) is 36.4 Å². The van der Waals surface area contributed by atoms with E-state index < -0.39 is 5.97 Å². The standard InChI is InChI=1S/C20H16ClN3O3/c1-27-20(26)18-8-7-17(23-24-18)19(25)11-16-6-5-14(12-22-16)9-13-3-2-4-15(21)10-13/h2-8,10,12H,9,11H2,1H3. The number of esters is 1. The van der Waals surface area contributed by atoms with Gasteiger partial charge in [0.05, 0.1) is 13.5 Å². The van der Waals surface area contributed by atoms with Crippen LogP contribution in [0.25, 0.3) is 0 Å². The van der Waals surface area contributed by atoms with E-state index in [0.29, 0.717) is 17.1 Å². The molecule has 0 fully saturated rings. The highest BCUT2D eigenvalue weighted by Gasteiger charge is 2.13. The lowest BCUT2D eigenvalue weighted by Crippen LogP contribution is -2.11. The number of ether oxygens (including phenoxy) is 1. The Bertz CT molecular complexity index is 957. The molecular weight excluding hydrogens is 366 g/mol. The molecule has 0 aliphatic rings. The lowest BCUT2D eigenvalue weighted by molar-refractivity contribution is 0.0592. The Hall–Kier alpha value is -3.12. The Balaban J connectivity index is 1.63. The summed E-state index contributed by atoms with van der Waals surface area (Å²) in [4.78, 5) is 28.0. The number of carbonyl (C=O) groups is 2. The summed E-state index contributed by atoms with van der Waals surface area (Å²) in [6, 6.07) is 14.3. The number of Topliss-reactive ketones (excluding diaryl/α,β-unsaturated/α-hetero) is 1. The number of methoxy groups -OCH3 is 1. The molecule has 0 bridgehead atoms. The Morgan fingerprint density at radius 2 is 1.78 bits per heavy atom. The zero-order valence-corrected chi connectivity index (χ0v) is 15.3. The van der Waals surface area contributed by atoms with Gasteiger partial charge in [-0.25, -0.2) is 4.79 Å². The maximum absolute atomic E-state index is 12.3. The van der Waals surface area contributed by atoms with Crippen molar-refractivity contribution in [3.63, 3.8) is 0 Å². The Morgan fingerprint density at radius 3 is 2.41 bits per heavy atom. The van der Waals surface area contributed by atoms with Crippen LogP contribution in [0.5, 0.6) is 0 Å². The summed E-state index contributed by atoms with van der Waals surface area (Å²) in [5, 5.41) is 8.18. The molecule has 0 saturated heterocycles. The van der Waals surface area contributed by atoms with Crippen molar-refractivity contribution in [2.45, 2.75) is 12.8 Å². The average molecular weight is 382 g/mol. The molecule has 0 spiro atoms. The van der Waals surface area contributed by atoms with Crippen LogP contribution in [0.15, 0.2) is 54.7 Å². The van der Waals surface area contributed by atoms with E-state index in [4.69, 9.17) is 11.6 Å². The molecule has 136 valence electrons. The number of benzene rings is 1. The second kappa shape index (κ2) is 8.51. The van der Waals surface area contributed by atoms with Gasteiger partial charge in [0, 0.05) is 16.9 Å². The van der Waals surface area contributed by atoms with Crippen molar-refractivity contribution in [1.29, 1.82) is 0 Å². The molecule has 0 atom stereocenters. The number of rotatable bonds is 6. The molecule has 7 heteroatoms. The van der Waals surface area contributed by atoms with E-state index in [1.54, 1.807) is 6.20 Å². The molecule has 0 aliphatic heterocycles. The molecule has 2 aromatic heterocycles. The number of hydrogen-bond donors (Lipinski definition) is 0. The van der Waals surface area contributed by atoms with Crippen molar-refractivity contribution >= 4 is 23.4 Å². The average Bonchev–Trinajstić information content (AvgIpc) is 2.69. The highest BCUT2D eigenvalue weighted by atomic mass is 35.5. The predicted molar refractivity (Wildman–Crippen MR) is 99.9 cm³/mol. The number of carbonyl (C=O) groups excluding carboxylic acids is 2. The van der Waals surface area contributed by atoms with Crippen LogP contribution in [0.3, 0.4) is 0 Å². The van der Waals surface area contributed by atoms with Crippen molar-refractivity contribution in [2.24, 2.45) is 0 Å². The van der Waals surface area contributed by atoms with Gasteiger partial charge in [-0.1, -0.05) is 29.8 Å². The summed E-state index contributed by atoms with van der Waals surface area (Å²) in [6.45, 7) is 0. The van der Waals surface area contributed by atoms with Crippen LogP contribution in [0.1, 0.15) is 37.8 Å². The fraction of sp³-hybridized carbons (Fsp3) is 0.150. The number of pyridine rings is 1. The van der Waals surface area contributed by atoms with Gasteiger partial charge in [0.25, 0.3) is 0 Å². The first kappa shape index (κ1) is 18.7. The van der Waals surface area contributed by atoms with Gasteiger partial charge < -0.3 is 4.74 Å². The fourth-order valence-corrected chi connectivity index (χ4v) is 2.71. The molecule has 1 aromatic carbocycles. The lowest BCUT2D eigenvalue weighted by atomic mass is 10.1. The summed E-state index contributed by atoms with van der Waals surface area (Å²) in [5.74, 6) is -0.826. The monoisotopic (exact) mass is 381 g/mol. The molecule has 0 amide bonds. The molecular formula is C20H16ClN3O3. The van der Waals surface area contributed by atoms with Crippen LogP contribution in [0.2, 0.25) is 5.02 Å². The predicted octanol–water partition coefficient (Wildman–Crippen LogP) is 3.33.